The van der Waals surface area contributed by atoms with Gasteiger partial charge in [-0.05, 0) is 37.8 Å². The van der Waals surface area contributed by atoms with Crippen molar-refractivity contribution in [3.8, 4) is 0 Å². The molecule has 1 fully saturated rings. The Kier molecular flexibility index (Phi) is 5.38. The second kappa shape index (κ2) is 7.26. The Morgan fingerprint density at radius 2 is 1.95 bits per heavy atom. The first-order chi connectivity index (χ1) is 9.66. The molecule has 1 saturated carbocycles. The lowest BCUT2D eigenvalue weighted by Gasteiger charge is -2.26. The zero-order chi connectivity index (χ0) is 14.4. The third kappa shape index (κ3) is 4.21. The van der Waals surface area contributed by atoms with E-state index in [-0.39, 0.29) is 0 Å². The van der Waals surface area contributed by atoms with Gasteiger partial charge in [-0.15, -0.1) is 0 Å². The van der Waals surface area contributed by atoms with Gasteiger partial charge in [0.25, 0.3) is 5.91 Å². The number of rotatable bonds is 6. The number of nitrogens with two attached hydrogens (primary N) is 2. The maximum atomic E-state index is 11.3. The second-order valence-electron chi connectivity index (χ2n) is 5.24. The Morgan fingerprint density at radius 3 is 2.65 bits per heavy atom. The topological polar surface area (TPSA) is 90.4 Å². The molecule has 0 atom stereocenters. The molecule has 0 unspecified atom stereocenters. The third-order valence-electron chi connectivity index (χ3n) is 3.68. The zero-order valence-corrected chi connectivity index (χ0v) is 11.7. The van der Waals surface area contributed by atoms with Crippen LogP contribution in [-0.2, 0) is 4.74 Å². The van der Waals surface area contributed by atoms with Crippen LogP contribution in [0.2, 0.25) is 0 Å². The summed E-state index contributed by atoms with van der Waals surface area (Å²) in [7, 11) is 0. The highest BCUT2D eigenvalue weighted by Gasteiger charge is 2.18. The fourth-order valence-electron chi connectivity index (χ4n) is 2.52. The fourth-order valence-corrected chi connectivity index (χ4v) is 2.52. The van der Waals surface area contributed by atoms with Crippen molar-refractivity contribution in [2.45, 2.75) is 37.8 Å². The lowest BCUT2D eigenvalue weighted by Crippen LogP contribution is -2.31. The fraction of sp³-hybridized carbons (Fsp3) is 0.533. The van der Waals surface area contributed by atoms with Gasteiger partial charge in [-0.1, -0.05) is 12.1 Å². The largest absolute Gasteiger partial charge is 0.382 e. The summed E-state index contributed by atoms with van der Waals surface area (Å²) in [6.07, 6.45) is 4.49. The molecule has 5 nitrogen and oxygen atoms in total. The van der Waals surface area contributed by atoms with Crippen molar-refractivity contribution in [2.24, 2.45) is 11.5 Å². The summed E-state index contributed by atoms with van der Waals surface area (Å²) in [6.45, 7) is 1.28. The van der Waals surface area contributed by atoms with Crippen molar-refractivity contribution in [3.63, 3.8) is 0 Å². The molecule has 2 rings (SSSR count). The monoisotopic (exact) mass is 277 g/mol. The van der Waals surface area contributed by atoms with Crippen LogP contribution in [0.5, 0.6) is 0 Å². The van der Waals surface area contributed by atoms with Crippen molar-refractivity contribution in [1.82, 2.24) is 0 Å². The van der Waals surface area contributed by atoms with Crippen LogP contribution in [0.15, 0.2) is 24.3 Å². The number of ether oxygens (including phenoxy) is 1. The van der Waals surface area contributed by atoms with E-state index in [1.165, 1.54) is 0 Å². The summed E-state index contributed by atoms with van der Waals surface area (Å²) in [5.41, 5.74) is 12.5. The van der Waals surface area contributed by atoms with Crippen LogP contribution in [0.3, 0.4) is 0 Å². The quantitative estimate of drug-likeness (QED) is 0.687. The van der Waals surface area contributed by atoms with Crippen LogP contribution in [0.4, 0.5) is 5.69 Å². The van der Waals surface area contributed by atoms with Crippen LogP contribution >= 0.6 is 0 Å². The number of primary amides is 1. The summed E-state index contributed by atoms with van der Waals surface area (Å²) < 4.78 is 5.82. The summed E-state index contributed by atoms with van der Waals surface area (Å²) in [5.74, 6) is -0.421. The summed E-state index contributed by atoms with van der Waals surface area (Å²) in [4.78, 5) is 11.3. The van der Waals surface area contributed by atoms with Gasteiger partial charge in [-0.3, -0.25) is 4.79 Å². The molecule has 0 aliphatic heterocycles. The molecule has 0 bridgehead atoms. The maximum absolute atomic E-state index is 11.3. The summed E-state index contributed by atoms with van der Waals surface area (Å²) >= 11 is 0. The molecule has 110 valence electrons. The van der Waals surface area contributed by atoms with Gasteiger partial charge in [0.2, 0.25) is 0 Å². The molecule has 1 aromatic rings. The van der Waals surface area contributed by atoms with Gasteiger partial charge in [-0.2, -0.15) is 0 Å². The first kappa shape index (κ1) is 14.8. The lowest BCUT2D eigenvalue weighted by molar-refractivity contribution is 0.0313. The van der Waals surface area contributed by atoms with Gasteiger partial charge in [-0.25, -0.2) is 0 Å². The Morgan fingerprint density at radius 1 is 1.25 bits per heavy atom. The van der Waals surface area contributed by atoms with Gasteiger partial charge in [0.15, 0.2) is 0 Å². The highest BCUT2D eigenvalue weighted by molar-refractivity contribution is 5.98. The number of hydrogen-bond donors (Lipinski definition) is 3. The molecule has 1 aromatic carbocycles. The maximum Gasteiger partial charge on any atom is 0.250 e. The molecule has 0 spiro atoms. The number of hydrogen-bond acceptors (Lipinski definition) is 4. The predicted octanol–water partition coefficient (Wildman–Crippen LogP) is 1.48. The smallest absolute Gasteiger partial charge is 0.250 e. The number of anilines is 1. The first-order valence-electron chi connectivity index (χ1n) is 7.16. The average Bonchev–Trinajstić information content (AvgIpc) is 2.46. The highest BCUT2D eigenvalue weighted by atomic mass is 16.5. The van der Waals surface area contributed by atoms with Crippen LogP contribution in [0.1, 0.15) is 36.0 Å². The number of carbonyl (C=O) groups is 1. The molecule has 0 heterocycles. The Hall–Kier alpha value is -1.59. The van der Waals surface area contributed by atoms with Crippen LogP contribution in [0, 0.1) is 0 Å². The number of carbonyl (C=O) groups excluding carboxylic acids is 1. The minimum absolute atomic E-state index is 0.322. The average molecular weight is 277 g/mol. The zero-order valence-electron chi connectivity index (χ0n) is 11.7. The standard InChI is InChI=1S/C15H23N3O2/c16-11-5-7-12(8-6-11)20-10-9-18-14-4-2-1-3-13(14)15(17)19/h1-4,11-12,18H,5-10,16H2,(H2,17,19). The Labute approximate surface area is 119 Å². The van der Waals surface area contributed by atoms with Crippen LogP contribution < -0.4 is 16.8 Å². The van der Waals surface area contributed by atoms with Crippen molar-refractivity contribution < 1.29 is 9.53 Å². The number of para-hydroxylation sites is 1. The second-order valence-corrected chi connectivity index (χ2v) is 5.24. The van der Waals surface area contributed by atoms with E-state index in [1.807, 2.05) is 12.1 Å². The first-order valence-corrected chi connectivity index (χ1v) is 7.16. The van der Waals surface area contributed by atoms with E-state index >= 15 is 0 Å². The Bertz CT molecular complexity index is 442. The normalized spacial score (nSPS) is 22.4. The van der Waals surface area contributed by atoms with E-state index in [9.17, 15) is 4.79 Å². The van der Waals surface area contributed by atoms with Gasteiger partial charge in [0.05, 0.1) is 18.3 Å². The van der Waals surface area contributed by atoms with Crippen LogP contribution in [0.25, 0.3) is 0 Å². The van der Waals surface area contributed by atoms with Gasteiger partial charge in [0.1, 0.15) is 0 Å². The summed E-state index contributed by atoms with van der Waals surface area (Å²) in [6, 6.07) is 7.58. The molecule has 5 N–H and O–H groups in total. The predicted molar refractivity (Wildman–Crippen MR) is 79.6 cm³/mol. The van der Waals surface area contributed by atoms with Gasteiger partial charge < -0.3 is 21.5 Å². The van der Waals surface area contributed by atoms with Gasteiger partial charge >= 0.3 is 0 Å². The van der Waals surface area contributed by atoms with Crippen molar-refractivity contribution in [2.75, 3.05) is 18.5 Å². The van der Waals surface area contributed by atoms with Gasteiger partial charge in [0, 0.05) is 18.3 Å². The van der Waals surface area contributed by atoms with Crippen LogP contribution in [-0.4, -0.2) is 31.2 Å². The lowest BCUT2D eigenvalue weighted by atomic mass is 9.94. The number of nitrogens with one attached hydrogen (secondary N) is 1. The minimum atomic E-state index is -0.421. The summed E-state index contributed by atoms with van der Waals surface area (Å²) in [5, 5.41) is 3.19. The molecule has 0 radical (unpaired) electrons. The van der Waals surface area contributed by atoms with Crippen molar-refractivity contribution in [1.29, 1.82) is 0 Å². The van der Waals surface area contributed by atoms with E-state index in [0.717, 1.165) is 31.4 Å². The molecular weight excluding hydrogens is 254 g/mol. The number of amides is 1. The van der Waals surface area contributed by atoms with Crippen molar-refractivity contribution in [3.05, 3.63) is 29.8 Å². The van der Waals surface area contributed by atoms with Crippen molar-refractivity contribution >= 4 is 11.6 Å². The highest BCUT2D eigenvalue weighted by Crippen LogP contribution is 2.19. The number of benzene rings is 1. The van der Waals surface area contributed by atoms with E-state index in [0.29, 0.717) is 30.9 Å². The van der Waals surface area contributed by atoms with E-state index in [4.69, 9.17) is 16.2 Å². The van der Waals surface area contributed by atoms with E-state index in [1.54, 1.807) is 12.1 Å². The Balaban J connectivity index is 1.72. The molecular formula is C15H23N3O2. The molecule has 1 aliphatic carbocycles. The van der Waals surface area contributed by atoms with E-state index in [2.05, 4.69) is 5.32 Å². The third-order valence-corrected chi connectivity index (χ3v) is 3.68. The molecule has 1 aliphatic rings. The molecule has 0 aromatic heterocycles. The SMILES string of the molecule is NC(=O)c1ccccc1NCCOC1CCC(N)CC1. The molecule has 0 saturated heterocycles. The molecule has 1 amide bonds. The minimum Gasteiger partial charge on any atom is -0.382 e. The molecule has 5 heteroatoms. The molecule has 20 heavy (non-hydrogen) atoms. The van der Waals surface area contributed by atoms with E-state index < -0.39 is 5.91 Å².